The number of nitrogens with one attached hydrogen (secondary N) is 3. The zero-order valence-electron chi connectivity index (χ0n) is 23.1. The maximum atomic E-state index is 14.6. The van der Waals surface area contributed by atoms with E-state index in [4.69, 9.17) is 0 Å². The Balaban J connectivity index is 1.54. The molecular formula is C28H32FN9O2. The van der Waals surface area contributed by atoms with Crippen LogP contribution in [0.15, 0.2) is 49.2 Å². The Morgan fingerprint density at radius 1 is 1.02 bits per heavy atom. The van der Waals surface area contributed by atoms with E-state index in [0.717, 1.165) is 18.2 Å². The Hall–Kier alpha value is -4.74. The van der Waals surface area contributed by atoms with Gasteiger partial charge in [-0.2, -0.15) is 0 Å². The maximum Gasteiger partial charge on any atom is 0.254 e. The second kappa shape index (κ2) is 12.0. The summed E-state index contributed by atoms with van der Waals surface area (Å²) in [5, 5.41) is 9.26. The molecule has 3 heterocycles. The lowest BCUT2D eigenvalue weighted by atomic mass is 9.78. The molecule has 4 aromatic rings. The van der Waals surface area contributed by atoms with Crippen molar-refractivity contribution in [3.63, 3.8) is 0 Å². The summed E-state index contributed by atoms with van der Waals surface area (Å²) in [4.78, 5) is 47.3. The minimum atomic E-state index is -0.663. The third-order valence-electron chi connectivity index (χ3n) is 6.91. The van der Waals surface area contributed by atoms with Crippen molar-refractivity contribution in [2.24, 2.45) is 0 Å². The number of fused-ring (bicyclic) bond motifs is 1. The summed E-state index contributed by atoms with van der Waals surface area (Å²) in [5.41, 5.74) is 2.35. The predicted octanol–water partition coefficient (Wildman–Crippen LogP) is 3.26. The molecule has 0 saturated heterocycles. The van der Waals surface area contributed by atoms with Crippen LogP contribution in [0, 0.1) is 5.82 Å². The smallest absolute Gasteiger partial charge is 0.254 e. The summed E-state index contributed by atoms with van der Waals surface area (Å²) in [5.74, 6) is -0.302. The minimum absolute atomic E-state index is 0.0195. The van der Waals surface area contributed by atoms with E-state index in [1.165, 1.54) is 18.3 Å². The lowest BCUT2D eigenvalue weighted by molar-refractivity contribution is -0.126. The number of anilines is 2. The van der Waals surface area contributed by atoms with Crippen molar-refractivity contribution in [3.8, 4) is 11.3 Å². The molecule has 3 N–H and O–H groups in total. The van der Waals surface area contributed by atoms with Crippen molar-refractivity contribution in [2.45, 2.75) is 25.7 Å². The third-order valence-corrected chi connectivity index (χ3v) is 6.91. The number of hydrogen-bond acceptors (Lipinski definition) is 9. The van der Waals surface area contributed by atoms with Crippen LogP contribution in [0.5, 0.6) is 0 Å². The number of amides is 2. The zero-order chi connectivity index (χ0) is 28.9. The van der Waals surface area contributed by atoms with Crippen molar-refractivity contribution in [1.29, 1.82) is 0 Å². The van der Waals surface area contributed by atoms with Gasteiger partial charge in [-0.15, -0.1) is 0 Å². The zero-order valence-corrected chi connectivity index (χ0v) is 23.1. The highest BCUT2D eigenvalue weighted by Crippen LogP contribution is 2.34. The van der Waals surface area contributed by atoms with Gasteiger partial charge < -0.3 is 20.9 Å². The van der Waals surface area contributed by atoms with Crippen LogP contribution < -0.4 is 16.0 Å². The first-order valence-corrected chi connectivity index (χ1v) is 12.8. The molecule has 11 nitrogen and oxygen atoms in total. The molecule has 2 amide bonds. The van der Waals surface area contributed by atoms with Gasteiger partial charge in [-0.3, -0.25) is 14.6 Å². The lowest BCUT2D eigenvalue weighted by Gasteiger charge is -2.30. The number of halogens is 1. The third kappa shape index (κ3) is 5.95. The number of likely N-dealkylation sites (N-methyl/N-ethyl adjacent to an activating group) is 1. The second-order valence-electron chi connectivity index (χ2n) is 9.76. The molecule has 208 valence electrons. The summed E-state index contributed by atoms with van der Waals surface area (Å²) < 4.78 is 14.6. The Kier molecular flexibility index (Phi) is 8.46. The van der Waals surface area contributed by atoms with E-state index in [1.807, 2.05) is 12.1 Å². The summed E-state index contributed by atoms with van der Waals surface area (Å²) in [6.45, 7) is 4.74. The van der Waals surface area contributed by atoms with E-state index in [2.05, 4.69) is 54.7 Å². The van der Waals surface area contributed by atoms with Crippen LogP contribution in [0.3, 0.4) is 0 Å². The van der Waals surface area contributed by atoms with Gasteiger partial charge in [0, 0.05) is 62.5 Å². The maximum absolute atomic E-state index is 14.6. The molecule has 0 spiro atoms. The van der Waals surface area contributed by atoms with Gasteiger partial charge in [0.2, 0.25) is 11.9 Å². The number of nitrogens with zero attached hydrogens (tertiary/aromatic N) is 6. The molecule has 12 heteroatoms. The highest BCUT2D eigenvalue weighted by Gasteiger charge is 2.29. The van der Waals surface area contributed by atoms with E-state index in [-0.39, 0.29) is 18.0 Å². The first-order chi connectivity index (χ1) is 19.2. The largest absolute Gasteiger partial charge is 0.369 e. The van der Waals surface area contributed by atoms with E-state index in [0.29, 0.717) is 40.5 Å². The van der Waals surface area contributed by atoms with Crippen molar-refractivity contribution in [2.75, 3.05) is 44.9 Å². The number of pyridine rings is 1. The van der Waals surface area contributed by atoms with Crippen LogP contribution in [0.2, 0.25) is 0 Å². The molecule has 1 aromatic carbocycles. The molecule has 0 aliphatic carbocycles. The summed E-state index contributed by atoms with van der Waals surface area (Å²) in [6, 6.07) is 7.29. The SMILES string of the molecule is CC[C@](C)(CNc1cc(-c2cnc(NCC(=O)N(C)C)nc2)ncn1)c1cccc2c(C(=O)NC)c(F)cnc12. The molecule has 3 aromatic heterocycles. The van der Waals surface area contributed by atoms with Crippen LogP contribution in [-0.4, -0.2) is 75.9 Å². The van der Waals surface area contributed by atoms with E-state index < -0.39 is 17.1 Å². The van der Waals surface area contributed by atoms with Crippen LogP contribution in [0.4, 0.5) is 16.2 Å². The number of carbonyl (C=O) groups is 2. The van der Waals surface area contributed by atoms with E-state index in [9.17, 15) is 14.0 Å². The number of benzene rings is 1. The number of hydrogen-bond donors (Lipinski definition) is 3. The Bertz CT molecular complexity index is 1530. The predicted molar refractivity (Wildman–Crippen MR) is 151 cm³/mol. The van der Waals surface area contributed by atoms with Crippen LogP contribution >= 0.6 is 0 Å². The molecule has 0 unspecified atom stereocenters. The van der Waals surface area contributed by atoms with Gasteiger partial charge in [-0.25, -0.2) is 24.3 Å². The molecule has 0 aliphatic heterocycles. The van der Waals surface area contributed by atoms with Crippen molar-refractivity contribution < 1.29 is 14.0 Å². The summed E-state index contributed by atoms with van der Waals surface area (Å²) in [7, 11) is 4.84. The monoisotopic (exact) mass is 545 g/mol. The second-order valence-corrected chi connectivity index (χ2v) is 9.76. The topological polar surface area (TPSA) is 138 Å². The molecule has 0 radical (unpaired) electrons. The van der Waals surface area contributed by atoms with Gasteiger partial charge in [-0.05, 0) is 12.0 Å². The van der Waals surface area contributed by atoms with Crippen LogP contribution in [0.25, 0.3) is 22.2 Å². The highest BCUT2D eigenvalue weighted by atomic mass is 19.1. The van der Waals surface area contributed by atoms with Crippen LogP contribution in [-0.2, 0) is 10.2 Å². The van der Waals surface area contributed by atoms with Gasteiger partial charge in [-0.1, -0.05) is 32.0 Å². The average molecular weight is 546 g/mol. The number of aromatic nitrogens is 5. The average Bonchev–Trinajstić information content (AvgIpc) is 2.98. The van der Waals surface area contributed by atoms with Gasteiger partial charge in [0.25, 0.3) is 5.91 Å². The molecule has 0 fully saturated rings. The molecule has 40 heavy (non-hydrogen) atoms. The highest BCUT2D eigenvalue weighted by molar-refractivity contribution is 6.06. The molecule has 4 rings (SSSR count). The fraction of sp³-hybridized carbons (Fsp3) is 0.321. The number of rotatable bonds is 10. The lowest BCUT2D eigenvalue weighted by Crippen LogP contribution is -2.31. The first-order valence-electron chi connectivity index (χ1n) is 12.8. The van der Waals surface area contributed by atoms with Crippen LogP contribution in [0.1, 0.15) is 36.2 Å². The van der Waals surface area contributed by atoms with E-state index >= 15 is 0 Å². The molecular weight excluding hydrogens is 513 g/mol. The van der Waals surface area contributed by atoms with Gasteiger partial charge in [0.1, 0.15) is 12.1 Å². The van der Waals surface area contributed by atoms with E-state index in [1.54, 1.807) is 38.6 Å². The van der Waals surface area contributed by atoms with Gasteiger partial charge in [0.05, 0.1) is 29.5 Å². The quantitative estimate of drug-likeness (QED) is 0.274. The molecule has 0 aliphatic rings. The fourth-order valence-corrected chi connectivity index (χ4v) is 4.21. The van der Waals surface area contributed by atoms with Gasteiger partial charge in [0.15, 0.2) is 5.82 Å². The number of para-hydroxylation sites is 1. The fourth-order valence-electron chi connectivity index (χ4n) is 4.21. The molecule has 1 atom stereocenters. The normalized spacial score (nSPS) is 12.4. The minimum Gasteiger partial charge on any atom is -0.369 e. The summed E-state index contributed by atoms with van der Waals surface area (Å²) in [6.07, 6.45) is 6.55. The first kappa shape index (κ1) is 28.3. The molecule has 0 saturated carbocycles. The Morgan fingerprint density at radius 3 is 2.45 bits per heavy atom. The molecule has 0 bridgehead atoms. The number of carbonyl (C=O) groups excluding carboxylic acids is 2. The standard InChI is InChI=1S/C28H32FN9O2/c1-6-28(2,19-9-7-8-18-24(26(40)30-3)20(29)13-31-25(18)19)15-35-22-10-21(36-16-37-22)17-11-32-27(33-12-17)34-14-23(39)38(4)5/h7-13,16H,6,14-15H2,1-5H3,(H,30,40)(H,32,33,34)(H,35,36,37)/t28-/m1/s1. The summed E-state index contributed by atoms with van der Waals surface area (Å²) >= 11 is 0. The van der Waals surface area contributed by atoms with Crippen molar-refractivity contribution in [3.05, 3.63) is 66.1 Å². The Morgan fingerprint density at radius 2 is 1.77 bits per heavy atom. The van der Waals surface area contributed by atoms with Crippen molar-refractivity contribution in [1.82, 2.24) is 35.1 Å². The Labute approximate surface area is 231 Å². The van der Waals surface area contributed by atoms with Gasteiger partial charge >= 0.3 is 0 Å². The van der Waals surface area contributed by atoms with Crippen molar-refractivity contribution >= 4 is 34.5 Å².